The first-order valence-electron chi connectivity index (χ1n) is 3.70. The summed E-state index contributed by atoms with van der Waals surface area (Å²) in [6, 6.07) is 0. The van der Waals surface area contributed by atoms with Crippen molar-refractivity contribution in [2.75, 3.05) is 0 Å². The molecule has 0 aromatic heterocycles. The van der Waals surface area contributed by atoms with Crippen LogP contribution >= 0.6 is 0 Å². The van der Waals surface area contributed by atoms with Gasteiger partial charge in [0.1, 0.15) is 0 Å². The van der Waals surface area contributed by atoms with Gasteiger partial charge in [-0.1, -0.05) is 6.92 Å². The van der Waals surface area contributed by atoms with Crippen LogP contribution in [-0.4, -0.2) is 28.1 Å². The molecule has 70 valence electrons. The van der Waals surface area contributed by atoms with Gasteiger partial charge in [0.05, 0.1) is 5.84 Å². The summed E-state index contributed by atoms with van der Waals surface area (Å²) in [4.78, 5) is 10.1. The molecule has 0 heterocycles. The van der Waals surface area contributed by atoms with E-state index in [0.29, 0.717) is 6.42 Å². The highest BCUT2D eigenvalue weighted by atomic mass is 16.4. The van der Waals surface area contributed by atoms with Gasteiger partial charge in [-0.3, -0.25) is 5.41 Å². The fourth-order valence-corrected chi connectivity index (χ4v) is 0.687. The molecule has 0 aliphatic rings. The Balaban J connectivity index is 3.68. The summed E-state index contributed by atoms with van der Waals surface area (Å²) in [6.07, 6.45) is -0.786. The number of carboxylic acids is 1. The highest BCUT2D eigenvalue weighted by Gasteiger charge is 2.15. The Labute approximate surface area is 70.7 Å². The fourth-order valence-electron chi connectivity index (χ4n) is 0.687. The molecule has 5 nitrogen and oxygen atoms in total. The maximum atomic E-state index is 10.1. The van der Waals surface area contributed by atoms with E-state index in [1.807, 2.05) is 0 Å². The Morgan fingerprint density at radius 2 is 2.08 bits per heavy atom. The summed E-state index contributed by atoms with van der Waals surface area (Å²) < 4.78 is 0. The second kappa shape index (κ2) is 4.71. The van der Waals surface area contributed by atoms with Gasteiger partial charge in [0.15, 0.2) is 6.10 Å². The quantitative estimate of drug-likeness (QED) is 0.341. The summed E-state index contributed by atoms with van der Waals surface area (Å²) >= 11 is 0. The van der Waals surface area contributed by atoms with E-state index in [1.165, 1.54) is 0 Å². The van der Waals surface area contributed by atoms with E-state index < -0.39 is 12.1 Å². The average Bonchev–Trinajstić information content (AvgIpc) is 1.98. The van der Waals surface area contributed by atoms with Gasteiger partial charge < -0.3 is 15.9 Å². The number of carboxylic acid groups (broad SMARTS) is 1. The molecule has 2 unspecified atom stereocenters. The Kier molecular flexibility index (Phi) is 4.28. The van der Waals surface area contributed by atoms with Gasteiger partial charge in [0, 0.05) is 5.92 Å². The molecule has 5 N–H and O–H groups in total. The molecule has 0 bridgehead atoms. The standard InChI is InChI=1S/C7H14N2O3/c1-4(6(8)9)2-3-5(10)7(11)12/h4-5,10H,2-3H2,1H3,(H3,8,9)(H,11,12). The van der Waals surface area contributed by atoms with E-state index in [0.717, 1.165) is 0 Å². The van der Waals surface area contributed by atoms with Gasteiger partial charge in [-0.15, -0.1) is 0 Å². The molecule has 12 heavy (non-hydrogen) atoms. The minimum Gasteiger partial charge on any atom is -0.479 e. The van der Waals surface area contributed by atoms with Gasteiger partial charge in [-0.25, -0.2) is 4.79 Å². The highest BCUT2D eigenvalue weighted by molar-refractivity contribution is 5.79. The summed E-state index contributed by atoms with van der Waals surface area (Å²) in [7, 11) is 0. The number of nitrogens with two attached hydrogens (primary N) is 1. The van der Waals surface area contributed by atoms with Crippen LogP contribution in [0.1, 0.15) is 19.8 Å². The smallest absolute Gasteiger partial charge is 0.332 e. The first kappa shape index (κ1) is 10.9. The third-order valence-electron chi connectivity index (χ3n) is 1.69. The van der Waals surface area contributed by atoms with Crippen molar-refractivity contribution in [1.82, 2.24) is 0 Å². The summed E-state index contributed by atoms with van der Waals surface area (Å²) in [5, 5.41) is 24.1. The highest BCUT2D eigenvalue weighted by Crippen LogP contribution is 2.07. The lowest BCUT2D eigenvalue weighted by atomic mass is 10.0. The molecule has 0 aromatic carbocycles. The molecule has 0 rings (SSSR count). The number of hydrogen-bond donors (Lipinski definition) is 4. The third-order valence-corrected chi connectivity index (χ3v) is 1.69. The van der Waals surface area contributed by atoms with E-state index in [9.17, 15) is 4.79 Å². The first-order chi connectivity index (χ1) is 5.45. The van der Waals surface area contributed by atoms with Crippen LogP contribution in [0.3, 0.4) is 0 Å². The van der Waals surface area contributed by atoms with E-state index in [-0.39, 0.29) is 18.2 Å². The number of carbonyl (C=O) groups is 1. The number of aliphatic carboxylic acids is 1. The molecule has 0 aliphatic carbocycles. The van der Waals surface area contributed by atoms with E-state index in [1.54, 1.807) is 6.92 Å². The van der Waals surface area contributed by atoms with E-state index >= 15 is 0 Å². The Hall–Kier alpha value is -1.10. The normalized spacial score (nSPS) is 15.2. The number of rotatable bonds is 5. The first-order valence-corrected chi connectivity index (χ1v) is 3.70. The Bertz CT molecular complexity index is 161. The number of nitrogens with one attached hydrogen (secondary N) is 1. The zero-order valence-corrected chi connectivity index (χ0v) is 6.95. The maximum absolute atomic E-state index is 10.1. The minimum atomic E-state index is -1.34. The van der Waals surface area contributed by atoms with Crippen molar-refractivity contribution >= 4 is 11.8 Å². The van der Waals surface area contributed by atoms with Crippen LogP contribution in [0.15, 0.2) is 0 Å². The van der Waals surface area contributed by atoms with Crippen LogP contribution in [0.4, 0.5) is 0 Å². The van der Waals surface area contributed by atoms with Crippen LogP contribution < -0.4 is 5.73 Å². The van der Waals surface area contributed by atoms with Gasteiger partial charge in [-0.2, -0.15) is 0 Å². The number of aliphatic hydroxyl groups is 1. The fraction of sp³-hybridized carbons (Fsp3) is 0.714. The van der Waals surface area contributed by atoms with Crippen molar-refractivity contribution in [3.63, 3.8) is 0 Å². The third kappa shape index (κ3) is 3.92. The predicted molar refractivity (Wildman–Crippen MR) is 44.0 cm³/mol. The van der Waals surface area contributed by atoms with Crippen LogP contribution in [0, 0.1) is 11.3 Å². The second-order valence-corrected chi connectivity index (χ2v) is 2.79. The number of hydrogen-bond acceptors (Lipinski definition) is 3. The van der Waals surface area contributed by atoms with Crippen molar-refractivity contribution < 1.29 is 15.0 Å². The van der Waals surface area contributed by atoms with Gasteiger partial charge in [-0.05, 0) is 12.8 Å². The Morgan fingerprint density at radius 3 is 2.42 bits per heavy atom. The maximum Gasteiger partial charge on any atom is 0.332 e. The minimum absolute atomic E-state index is 0.0209. The largest absolute Gasteiger partial charge is 0.479 e. The molecule has 0 amide bonds. The zero-order chi connectivity index (χ0) is 9.72. The lowest BCUT2D eigenvalue weighted by Gasteiger charge is -2.10. The van der Waals surface area contributed by atoms with E-state index in [4.69, 9.17) is 21.4 Å². The van der Waals surface area contributed by atoms with Crippen molar-refractivity contribution in [2.24, 2.45) is 11.7 Å². The molecule has 0 spiro atoms. The summed E-state index contributed by atoms with van der Waals surface area (Å²) in [5.74, 6) is -1.38. The zero-order valence-electron chi connectivity index (χ0n) is 6.95. The van der Waals surface area contributed by atoms with Gasteiger partial charge in [0.2, 0.25) is 0 Å². The van der Waals surface area contributed by atoms with Crippen LogP contribution in [-0.2, 0) is 4.79 Å². The van der Waals surface area contributed by atoms with Crippen LogP contribution in [0.2, 0.25) is 0 Å². The molecule has 0 fully saturated rings. The number of aliphatic hydroxyl groups excluding tert-OH is 1. The van der Waals surface area contributed by atoms with Crippen molar-refractivity contribution in [2.45, 2.75) is 25.9 Å². The van der Waals surface area contributed by atoms with E-state index in [2.05, 4.69) is 0 Å². The van der Waals surface area contributed by atoms with Crippen molar-refractivity contribution in [3.05, 3.63) is 0 Å². The van der Waals surface area contributed by atoms with Crippen LogP contribution in [0.5, 0.6) is 0 Å². The molecule has 0 aromatic rings. The van der Waals surface area contributed by atoms with Crippen LogP contribution in [0.25, 0.3) is 0 Å². The summed E-state index contributed by atoms with van der Waals surface area (Å²) in [5.41, 5.74) is 5.15. The molecule has 0 radical (unpaired) electrons. The number of amidine groups is 1. The van der Waals surface area contributed by atoms with Gasteiger partial charge >= 0.3 is 5.97 Å². The lowest BCUT2D eigenvalue weighted by molar-refractivity contribution is -0.147. The monoisotopic (exact) mass is 174 g/mol. The van der Waals surface area contributed by atoms with Gasteiger partial charge in [0.25, 0.3) is 0 Å². The molecular weight excluding hydrogens is 160 g/mol. The molecule has 0 aliphatic heterocycles. The second-order valence-electron chi connectivity index (χ2n) is 2.79. The SMILES string of the molecule is CC(CCC(O)C(=O)O)C(=N)N. The lowest BCUT2D eigenvalue weighted by Crippen LogP contribution is -2.24. The topological polar surface area (TPSA) is 107 Å². The Morgan fingerprint density at radius 1 is 1.58 bits per heavy atom. The summed E-state index contributed by atoms with van der Waals surface area (Å²) in [6.45, 7) is 1.72. The molecule has 0 saturated carbocycles. The predicted octanol–water partition coefficient (Wildman–Crippen LogP) is -0.216. The molecule has 5 heteroatoms. The average molecular weight is 174 g/mol. The molecular formula is C7H14N2O3. The van der Waals surface area contributed by atoms with Crippen molar-refractivity contribution in [3.8, 4) is 0 Å². The molecule has 2 atom stereocenters. The van der Waals surface area contributed by atoms with Crippen molar-refractivity contribution in [1.29, 1.82) is 5.41 Å². The molecule has 0 saturated heterocycles.